The first-order valence-corrected chi connectivity index (χ1v) is 8.09. The van der Waals surface area contributed by atoms with Gasteiger partial charge in [-0.1, -0.05) is 12.1 Å². The summed E-state index contributed by atoms with van der Waals surface area (Å²) in [6.07, 6.45) is 1.71. The molecular weight excluding hydrogens is 310 g/mol. The first kappa shape index (κ1) is 16.2. The third-order valence-corrected chi connectivity index (χ3v) is 5.43. The van der Waals surface area contributed by atoms with Crippen molar-refractivity contribution in [3.8, 4) is 0 Å². The molecule has 0 spiro atoms. The van der Waals surface area contributed by atoms with E-state index in [1.54, 1.807) is 18.3 Å². The van der Waals surface area contributed by atoms with Crippen molar-refractivity contribution in [3.63, 3.8) is 0 Å². The van der Waals surface area contributed by atoms with Gasteiger partial charge in [-0.15, -0.1) is 12.4 Å². The average Bonchev–Trinajstić information content (AvgIpc) is 2.47. The summed E-state index contributed by atoms with van der Waals surface area (Å²) in [5, 5.41) is 4.02. The fourth-order valence-electron chi connectivity index (χ4n) is 2.47. The van der Waals surface area contributed by atoms with Gasteiger partial charge in [-0.3, -0.25) is 4.98 Å². The monoisotopic (exact) mass is 327 g/mol. The molecule has 1 saturated heterocycles. The van der Waals surface area contributed by atoms with Crippen molar-refractivity contribution in [2.24, 2.45) is 0 Å². The SMILES string of the molecule is Cc1cnc2c(S(=O)(=O)N3CCNCC3)cccc2c1.Cl. The highest BCUT2D eigenvalue weighted by atomic mass is 35.5. The molecule has 3 rings (SSSR count). The predicted molar refractivity (Wildman–Crippen MR) is 85.4 cm³/mol. The Labute approximate surface area is 130 Å². The van der Waals surface area contributed by atoms with Crippen LogP contribution in [0.15, 0.2) is 35.4 Å². The molecule has 1 aliphatic rings. The quantitative estimate of drug-likeness (QED) is 0.909. The van der Waals surface area contributed by atoms with Gasteiger partial charge in [-0.05, 0) is 24.6 Å². The van der Waals surface area contributed by atoms with Crippen LogP contribution in [0.3, 0.4) is 0 Å². The van der Waals surface area contributed by atoms with E-state index in [0.717, 1.165) is 10.9 Å². The Kier molecular flexibility index (Phi) is 4.83. The molecule has 0 atom stereocenters. The second kappa shape index (κ2) is 6.27. The maximum absolute atomic E-state index is 12.7. The minimum absolute atomic E-state index is 0. The molecule has 0 bridgehead atoms. The average molecular weight is 328 g/mol. The summed E-state index contributed by atoms with van der Waals surface area (Å²) in [7, 11) is -3.47. The molecule has 2 aromatic rings. The molecule has 1 N–H and O–H groups in total. The van der Waals surface area contributed by atoms with Crippen molar-refractivity contribution in [3.05, 3.63) is 36.0 Å². The molecule has 0 radical (unpaired) electrons. The molecule has 0 aliphatic carbocycles. The van der Waals surface area contributed by atoms with E-state index >= 15 is 0 Å². The van der Waals surface area contributed by atoms with Crippen LogP contribution >= 0.6 is 12.4 Å². The molecule has 0 saturated carbocycles. The van der Waals surface area contributed by atoms with E-state index in [-0.39, 0.29) is 12.4 Å². The van der Waals surface area contributed by atoms with Gasteiger partial charge in [0.25, 0.3) is 0 Å². The fourth-order valence-corrected chi connectivity index (χ4v) is 4.08. The standard InChI is InChI=1S/C14H17N3O2S.ClH/c1-11-9-12-3-2-4-13(14(12)16-10-11)20(18,19)17-7-5-15-6-8-17;/h2-4,9-10,15H,5-8H2,1H3;1H. The number of nitrogens with one attached hydrogen (secondary N) is 1. The molecule has 0 amide bonds. The van der Waals surface area contributed by atoms with Crippen molar-refractivity contribution in [1.29, 1.82) is 0 Å². The van der Waals surface area contributed by atoms with E-state index in [9.17, 15) is 8.42 Å². The van der Waals surface area contributed by atoms with E-state index in [1.807, 2.05) is 19.1 Å². The second-order valence-corrected chi connectivity index (χ2v) is 6.90. The van der Waals surface area contributed by atoms with Crippen molar-refractivity contribution in [2.75, 3.05) is 26.2 Å². The first-order chi connectivity index (χ1) is 9.59. The third kappa shape index (κ3) is 3.03. The van der Waals surface area contributed by atoms with Crippen LogP contribution in [0.4, 0.5) is 0 Å². The van der Waals surface area contributed by atoms with Crippen LogP contribution < -0.4 is 5.32 Å². The first-order valence-electron chi connectivity index (χ1n) is 6.65. The number of aryl methyl sites for hydroxylation is 1. The summed E-state index contributed by atoms with van der Waals surface area (Å²) in [6, 6.07) is 7.27. The van der Waals surface area contributed by atoms with E-state index < -0.39 is 10.0 Å². The number of fused-ring (bicyclic) bond motifs is 1. The van der Waals surface area contributed by atoms with Gasteiger partial charge < -0.3 is 5.32 Å². The topological polar surface area (TPSA) is 62.3 Å². The maximum atomic E-state index is 12.7. The maximum Gasteiger partial charge on any atom is 0.245 e. The number of benzene rings is 1. The molecule has 1 aromatic carbocycles. The zero-order valence-electron chi connectivity index (χ0n) is 11.7. The summed E-state index contributed by atoms with van der Waals surface area (Å²) < 4.78 is 27.0. The zero-order valence-corrected chi connectivity index (χ0v) is 13.4. The van der Waals surface area contributed by atoms with Crippen molar-refractivity contribution < 1.29 is 8.42 Å². The Morgan fingerprint density at radius 1 is 1.24 bits per heavy atom. The number of piperazine rings is 1. The number of sulfonamides is 1. The van der Waals surface area contributed by atoms with E-state index in [1.165, 1.54) is 4.31 Å². The Bertz CT molecular complexity index is 743. The van der Waals surface area contributed by atoms with Gasteiger partial charge in [0.15, 0.2) is 0 Å². The molecule has 21 heavy (non-hydrogen) atoms. The highest BCUT2D eigenvalue weighted by Crippen LogP contribution is 2.24. The van der Waals surface area contributed by atoms with E-state index in [2.05, 4.69) is 10.3 Å². The summed E-state index contributed by atoms with van der Waals surface area (Å²) in [4.78, 5) is 4.62. The lowest BCUT2D eigenvalue weighted by Crippen LogP contribution is -2.46. The molecule has 7 heteroatoms. The summed E-state index contributed by atoms with van der Waals surface area (Å²) >= 11 is 0. The van der Waals surface area contributed by atoms with Crippen LogP contribution in [-0.4, -0.2) is 43.9 Å². The lowest BCUT2D eigenvalue weighted by molar-refractivity contribution is 0.360. The molecule has 1 fully saturated rings. The van der Waals surface area contributed by atoms with Crippen molar-refractivity contribution in [2.45, 2.75) is 11.8 Å². The lowest BCUT2D eigenvalue weighted by atomic mass is 10.2. The Morgan fingerprint density at radius 3 is 2.67 bits per heavy atom. The number of hydrogen-bond donors (Lipinski definition) is 1. The van der Waals surface area contributed by atoms with Gasteiger partial charge in [0.2, 0.25) is 10.0 Å². The smallest absolute Gasteiger partial charge is 0.245 e. The van der Waals surface area contributed by atoms with Crippen LogP contribution in [0.1, 0.15) is 5.56 Å². The van der Waals surface area contributed by atoms with E-state index in [0.29, 0.717) is 36.6 Å². The minimum Gasteiger partial charge on any atom is -0.314 e. The second-order valence-electron chi connectivity index (χ2n) is 4.99. The molecular formula is C14H18ClN3O2S. The van der Waals surface area contributed by atoms with Gasteiger partial charge >= 0.3 is 0 Å². The van der Waals surface area contributed by atoms with Crippen LogP contribution in [0.2, 0.25) is 0 Å². The molecule has 5 nitrogen and oxygen atoms in total. The van der Waals surface area contributed by atoms with Gasteiger partial charge in [-0.25, -0.2) is 8.42 Å². The van der Waals surface area contributed by atoms with Crippen LogP contribution in [-0.2, 0) is 10.0 Å². The van der Waals surface area contributed by atoms with Gasteiger partial charge in [0.05, 0.1) is 5.52 Å². The molecule has 2 heterocycles. The fraction of sp³-hybridized carbons (Fsp3) is 0.357. The van der Waals surface area contributed by atoms with Crippen LogP contribution in [0, 0.1) is 6.92 Å². The summed E-state index contributed by atoms with van der Waals surface area (Å²) in [5.41, 5.74) is 1.57. The minimum atomic E-state index is -3.47. The van der Waals surface area contributed by atoms with E-state index in [4.69, 9.17) is 0 Å². The number of rotatable bonds is 2. The van der Waals surface area contributed by atoms with Crippen molar-refractivity contribution in [1.82, 2.24) is 14.6 Å². The normalized spacial score (nSPS) is 16.6. The van der Waals surface area contributed by atoms with Crippen LogP contribution in [0.5, 0.6) is 0 Å². The molecule has 1 aromatic heterocycles. The molecule has 0 unspecified atom stereocenters. The number of pyridine rings is 1. The van der Waals surface area contributed by atoms with Gasteiger partial charge in [-0.2, -0.15) is 4.31 Å². The predicted octanol–water partition coefficient (Wildman–Crippen LogP) is 1.56. The Hall–Kier alpha value is -1.21. The van der Waals surface area contributed by atoms with Crippen LogP contribution in [0.25, 0.3) is 10.9 Å². The Balaban J connectivity index is 0.00000161. The lowest BCUT2D eigenvalue weighted by Gasteiger charge is -2.26. The number of halogens is 1. The largest absolute Gasteiger partial charge is 0.314 e. The zero-order chi connectivity index (χ0) is 14.2. The highest BCUT2D eigenvalue weighted by Gasteiger charge is 2.27. The highest BCUT2D eigenvalue weighted by molar-refractivity contribution is 7.89. The molecule has 1 aliphatic heterocycles. The molecule has 114 valence electrons. The number of para-hydroxylation sites is 1. The van der Waals surface area contributed by atoms with Gasteiger partial charge in [0, 0.05) is 37.8 Å². The van der Waals surface area contributed by atoms with Gasteiger partial charge in [0.1, 0.15) is 4.90 Å². The third-order valence-electron chi connectivity index (χ3n) is 3.50. The summed E-state index contributed by atoms with van der Waals surface area (Å²) in [5.74, 6) is 0. The number of nitrogens with zero attached hydrogens (tertiary/aromatic N) is 2. The Morgan fingerprint density at radius 2 is 1.95 bits per heavy atom. The number of aromatic nitrogens is 1. The summed E-state index contributed by atoms with van der Waals surface area (Å²) in [6.45, 7) is 4.34. The number of hydrogen-bond acceptors (Lipinski definition) is 4. The van der Waals surface area contributed by atoms with Crippen molar-refractivity contribution >= 4 is 33.3 Å².